The van der Waals surface area contributed by atoms with Crippen LogP contribution >= 0.6 is 0 Å². The molecule has 0 heterocycles. The van der Waals surface area contributed by atoms with Crippen molar-refractivity contribution in [2.24, 2.45) is 11.1 Å². The Labute approximate surface area is 81.3 Å². The van der Waals surface area contributed by atoms with E-state index in [9.17, 15) is 0 Å². The van der Waals surface area contributed by atoms with E-state index in [1.54, 1.807) is 0 Å². The molecule has 76 valence electrons. The van der Waals surface area contributed by atoms with Crippen LogP contribution in [0.2, 0.25) is 0 Å². The SMILES string of the molecule is CC1(NCC2(CN)CCC2)CCC1. The Bertz CT molecular complexity index is 175. The van der Waals surface area contributed by atoms with Crippen LogP contribution < -0.4 is 11.1 Å². The maximum Gasteiger partial charge on any atom is 0.0153 e. The standard InChI is InChI=1S/C11H22N2/c1-10(4-2-5-10)13-9-11(8-12)6-3-7-11/h13H,2-9,12H2,1H3. The van der Waals surface area contributed by atoms with Gasteiger partial charge in [0.15, 0.2) is 0 Å². The Hall–Kier alpha value is -0.0800. The lowest BCUT2D eigenvalue weighted by Gasteiger charge is -2.47. The Morgan fingerprint density at radius 2 is 1.77 bits per heavy atom. The average Bonchev–Trinajstić information content (AvgIpc) is 2.00. The first-order valence-corrected chi connectivity index (χ1v) is 5.63. The highest BCUT2D eigenvalue weighted by atomic mass is 15.0. The lowest BCUT2D eigenvalue weighted by molar-refractivity contribution is 0.102. The molecule has 2 heteroatoms. The molecular weight excluding hydrogens is 160 g/mol. The lowest BCUT2D eigenvalue weighted by atomic mass is 9.67. The first-order valence-electron chi connectivity index (χ1n) is 5.63. The summed E-state index contributed by atoms with van der Waals surface area (Å²) in [6, 6.07) is 0. The molecule has 2 aliphatic carbocycles. The van der Waals surface area contributed by atoms with Crippen molar-refractivity contribution in [3.63, 3.8) is 0 Å². The zero-order chi connectivity index (χ0) is 9.36. The van der Waals surface area contributed by atoms with Gasteiger partial charge in [-0.05, 0) is 51.0 Å². The quantitative estimate of drug-likeness (QED) is 0.694. The van der Waals surface area contributed by atoms with E-state index in [2.05, 4.69) is 12.2 Å². The van der Waals surface area contributed by atoms with E-state index in [0.717, 1.165) is 13.1 Å². The van der Waals surface area contributed by atoms with Crippen molar-refractivity contribution in [2.75, 3.05) is 13.1 Å². The molecule has 0 bridgehead atoms. The second-order valence-corrected chi connectivity index (χ2v) is 5.33. The van der Waals surface area contributed by atoms with Crippen LogP contribution in [0.15, 0.2) is 0 Å². The normalized spacial score (nSPS) is 29.1. The molecule has 3 N–H and O–H groups in total. The van der Waals surface area contributed by atoms with E-state index in [1.165, 1.54) is 38.5 Å². The van der Waals surface area contributed by atoms with Crippen molar-refractivity contribution in [2.45, 2.75) is 51.0 Å². The molecule has 0 aromatic rings. The van der Waals surface area contributed by atoms with Crippen LogP contribution in [0.3, 0.4) is 0 Å². The number of hydrogen-bond acceptors (Lipinski definition) is 2. The van der Waals surface area contributed by atoms with Crippen molar-refractivity contribution in [3.05, 3.63) is 0 Å². The summed E-state index contributed by atoms with van der Waals surface area (Å²) in [7, 11) is 0. The third kappa shape index (κ3) is 1.75. The fraction of sp³-hybridized carbons (Fsp3) is 1.00. The molecule has 0 radical (unpaired) electrons. The molecule has 2 rings (SSSR count). The number of hydrogen-bond donors (Lipinski definition) is 2. The van der Waals surface area contributed by atoms with Crippen molar-refractivity contribution in [1.82, 2.24) is 5.32 Å². The molecule has 2 aliphatic rings. The molecule has 0 amide bonds. The fourth-order valence-electron chi connectivity index (χ4n) is 2.41. The topological polar surface area (TPSA) is 38.0 Å². The van der Waals surface area contributed by atoms with Gasteiger partial charge in [-0.1, -0.05) is 6.42 Å². The molecule has 0 spiro atoms. The van der Waals surface area contributed by atoms with Gasteiger partial charge in [0.1, 0.15) is 0 Å². The van der Waals surface area contributed by atoms with Gasteiger partial charge in [0.2, 0.25) is 0 Å². The molecule has 0 atom stereocenters. The molecule has 13 heavy (non-hydrogen) atoms. The van der Waals surface area contributed by atoms with Gasteiger partial charge in [0.25, 0.3) is 0 Å². The van der Waals surface area contributed by atoms with E-state index < -0.39 is 0 Å². The largest absolute Gasteiger partial charge is 0.330 e. The zero-order valence-electron chi connectivity index (χ0n) is 8.73. The summed E-state index contributed by atoms with van der Waals surface area (Å²) in [4.78, 5) is 0. The van der Waals surface area contributed by atoms with Crippen LogP contribution in [0, 0.1) is 5.41 Å². The Morgan fingerprint density at radius 3 is 2.08 bits per heavy atom. The third-order valence-electron chi connectivity index (χ3n) is 4.19. The first-order chi connectivity index (χ1) is 6.18. The van der Waals surface area contributed by atoms with Crippen LogP contribution in [0.5, 0.6) is 0 Å². The Kier molecular flexibility index (Phi) is 2.37. The van der Waals surface area contributed by atoms with Gasteiger partial charge >= 0.3 is 0 Å². The van der Waals surface area contributed by atoms with E-state index in [1.807, 2.05) is 0 Å². The molecule has 0 unspecified atom stereocenters. The monoisotopic (exact) mass is 182 g/mol. The highest BCUT2D eigenvalue weighted by molar-refractivity contribution is 4.97. The highest BCUT2D eigenvalue weighted by Gasteiger charge is 2.39. The summed E-state index contributed by atoms with van der Waals surface area (Å²) in [5.41, 5.74) is 6.74. The fourth-order valence-corrected chi connectivity index (χ4v) is 2.41. The van der Waals surface area contributed by atoms with Gasteiger partial charge in [-0.2, -0.15) is 0 Å². The maximum atomic E-state index is 5.82. The van der Waals surface area contributed by atoms with E-state index in [0.29, 0.717) is 11.0 Å². The molecule has 2 saturated carbocycles. The van der Waals surface area contributed by atoms with E-state index >= 15 is 0 Å². The average molecular weight is 182 g/mol. The summed E-state index contributed by atoms with van der Waals surface area (Å²) in [6.07, 6.45) is 8.18. The van der Waals surface area contributed by atoms with Gasteiger partial charge in [0, 0.05) is 12.1 Å². The van der Waals surface area contributed by atoms with Crippen molar-refractivity contribution >= 4 is 0 Å². The minimum absolute atomic E-state index is 0.456. The van der Waals surface area contributed by atoms with Crippen LogP contribution in [0.25, 0.3) is 0 Å². The molecule has 2 nitrogen and oxygen atoms in total. The third-order valence-corrected chi connectivity index (χ3v) is 4.19. The van der Waals surface area contributed by atoms with Crippen LogP contribution in [-0.2, 0) is 0 Å². The Morgan fingerprint density at radius 1 is 1.15 bits per heavy atom. The number of nitrogens with one attached hydrogen (secondary N) is 1. The van der Waals surface area contributed by atoms with Crippen LogP contribution in [0.1, 0.15) is 45.4 Å². The molecular formula is C11H22N2. The van der Waals surface area contributed by atoms with Crippen LogP contribution in [0.4, 0.5) is 0 Å². The highest BCUT2D eigenvalue weighted by Crippen LogP contribution is 2.40. The second-order valence-electron chi connectivity index (χ2n) is 5.33. The molecule has 0 aliphatic heterocycles. The lowest BCUT2D eigenvalue weighted by Crippen LogP contribution is -2.55. The van der Waals surface area contributed by atoms with E-state index in [-0.39, 0.29) is 0 Å². The summed E-state index contributed by atoms with van der Waals surface area (Å²) in [6.45, 7) is 4.37. The molecule has 2 fully saturated rings. The number of nitrogens with two attached hydrogens (primary N) is 1. The van der Waals surface area contributed by atoms with Gasteiger partial charge in [-0.15, -0.1) is 0 Å². The van der Waals surface area contributed by atoms with Crippen LogP contribution in [-0.4, -0.2) is 18.6 Å². The van der Waals surface area contributed by atoms with E-state index in [4.69, 9.17) is 5.73 Å². The van der Waals surface area contributed by atoms with Gasteiger partial charge in [0.05, 0.1) is 0 Å². The van der Waals surface area contributed by atoms with Gasteiger partial charge < -0.3 is 11.1 Å². The number of rotatable bonds is 4. The van der Waals surface area contributed by atoms with Crippen molar-refractivity contribution < 1.29 is 0 Å². The molecule has 0 aromatic carbocycles. The molecule has 0 aromatic heterocycles. The first kappa shape index (κ1) is 9.47. The predicted octanol–water partition coefficient (Wildman–Crippen LogP) is 1.65. The smallest absolute Gasteiger partial charge is 0.0153 e. The van der Waals surface area contributed by atoms with Crippen molar-refractivity contribution in [1.29, 1.82) is 0 Å². The van der Waals surface area contributed by atoms with Gasteiger partial charge in [-0.3, -0.25) is 0 Å². The maximum absolute atomic E-state index is 5.82. The minimum atomic E-state index is 0.456. The predicted molar refractivity (Wildman–Crippen MR) is 55.6 cm³/mol. The summed E-state index contributed by atoms with van der Waals surface area (Å²) in [5, 5.41) is 3.71. The summed E-state index contributed by atoms with van der Waals surface area (Å²) < 4.78 is 0. The Balaban J connectivity index is 1.77. The summed E-state index contributed by atoms with van der Waals surface area (Å²) >= 11 is 0. The zero-order valence-corrected chi connectivity index (χ0v) is 8.73. The minimum Gasteiger partial charge on any atom is -0.330 e. The van der Waals surface area contributed by atoms with Gasteiger partial charge in [-0.25, -0.2) is 0 Å². The van der Waals surface area contributed by atoms with Crippen molar-refractivity contribution in [3.8, 4) is 0 Å². The summed E-state index contributed by atoms with van der Waals surface area (Å²) in [5.74, 6) is 0. The second kappa shape index (κ2) is 3.25. The molecule has 0 saturated heterocycles.